The number of ether oxygens (including phenoxy) is 2. The van der Waals surface area contributed by atoms with Crippen LogP contribution in [-0.4, -0.2) is 27.7 Å². The summed E-state index contributed by atoms with van der Waals surface area (Å²) in [5.74, 6) is 0.219. The molecule has 0 spiro atoms. The van der Waals surface area contributed by atoms with Crippen LogP contribution in [0.3, 0.4) is 0 Å². The van der Waals surface area contributed by atoms with E-state index in [4.69, 9.17) is 21.1 Å². The fraction of sp³-hybridized carbons (Fsp3) is 0.0870. The molecule has 33 heavy (non-hydrogen) atoms. The Balaban J connectivity index is 1.56. The number of anilines is 2. The third-order valence-electron chi connectivity index (χ3n) is 4.98. The zero-order chi connectivity index (χ0) is 22.9. The van der Waals surface area contributed by atoms with Gasteiger partial charge >= 0.3 is 6.16 Å². The van der Waals surface area contributed by atoms with Crippen LogP contribution in [-0.2, 0) is 4.74 Å². The van der Waals surface area contributed by atoms with Gasteiger partial charge in [-0.05, 0) is 31.2 Å². The number of hydrogen-bond acceptors (Lipinski definition) is 7. The molecule has 3 heterocycles. The van der Waals surface area contributed by atoms with Crippen LogP contribution in [0.4, 0.5) is 15.6 Å². The highest BCUT2D eigenvalue weighted by Crippen LogP contribution is 2.35. The number of carbonyl (C=O) groups excluding carboxylic acids is 1. The van der Waals surface area contributed by atoms with Gasteiger partial charge in [0.2, 0.25) is 0 Å². The first kappa shape index (κ1) is 21.0. The molecular weight excluding hydrogens is 464 g/mol. The molecule has 0 radical (unpaired) electrons. The van der Waals surface area contributed by atoms with Crippen molar-refractivity contribution >= 4 is 61.7 Å². The number of nitrogens with zero attached hydrogens (tertiary/aromatic N) is 1. The molecule has 0 saturated heterocycles. The summed E-state index contributed by atoms with van der Waals surface area (Å²) in [5, 5.41) is 7.65. The standard InChI is InChI=1S/C23H17ClN4O4S/c1-2-31-23(30)32-18-10-25-20-19(18)13-9-12(7-8-15(13)26-21(20)29)17-11-33-22(28-17)27-16-6-4-3-5-14(16)24/h3-11,25H,2H2,1H3,(H,26,29)(H,27,28). The lowest BCUT2D eigenvalue weighted by Crippen LogP contribution is -2.10. The van der Waals surface area contributed by atoms with E-state index < -0.39 is 6.16 Å². The minimum atomic E-state index is -0.835. The van der Waals surface area contributed by atoms with Crippen molar-refractivity contribution in [3.05, 3.63) is 69.4 Å². The molecule has 0 unspecified atom stereocenters. The van der Waals surface area contributed by atoms with Crippen LogP contribution in [0.25, 0.3) is 33.1 Å². The van der Waals surface area contributed by atoms with E-state index in [2.05, 4.69) is 20.3 Å². The molecule has 0 aliphatic carbocycles. The lowest BCUT2D eigenvalue weighted by Gasteiger charge is -2.06. The largest absolute Gasteiger partial charge is 0.513 e. The van der Waals surface area contributed by atoms with Crippen molar-refractivity contribution < 1.29 is 14.3 Å². The number of hydrogen-bond donors (Lipinski definition) is 3. The van der Waals surface area contributed by atoms with E-state index in [9.17, 15) is 9.59 Å². The van der Waals surface area contributed by atoms with Crippen LogP contribution in [0.5, 0.6) is 5.75 Å². The van der Waals surface area contributed by atoms with Gasteiger partial charge in [0.1, 0.15) is 5.52 Å². The highest BCUT2D eigenvalue weighted by Gasteiger charge is 2.17. The van der Waals surface area contributed by atoms with E-state index in [-0.39, 0.29) is 17.9 Å². The molecule has 2 aromatic carbocycles. The number of aromatic nitrogens is 3. The van der Waals surface area contributed by atoms with Crippen molar-refractivity contribution in [2.45, 2.75) is 6.92 Å². The Hall–Kier alpha value is -3.82. The summed E-state index contributed by atoms with van der Waals surface area (Å²) in [4.78, 5) is 34.8. The number of rotatable bonds is 5. The Morgan fingerprint density at radius 1 is 1.24 bits per heavy atom. The second kappa shape index (κ2) is 8.61. The fourth-order valence-corrected chi connectivity index (χ4v) is 4.43. The van der Waals surface area contributed by atoms with Crippen LogP contribution >= 0.6 is 22.9 Å². The van der Waals surface area contributed by atoms with Gasteiger partial charge in [-0.2, -0.15) is 0 Å². The van der Waals surface area contributed by atoms with E-state index in [1.165, 1.54) is 17.5 Å². The van der Waals surface area contributed by atoms with E-state index in [1.54, 1.807) is 19.1 Å². The van der Waals surface area contributed by atoms with E-state index in [0.29, 0.717) is 32.0 Å². The first-order valence-corrected chi connectivity index (χ1v) is 11.3. The number of para-hydroxylation sites is 1. The van der Waals surface area contributed by atoms with Gasteiger partial charge in [-0.25, -0.2) is 9.78 Å². The zero-order valence-corrected chi connectivity index (χ0v) is 18.8. The Morgan fingerprint density at radius 3 is 2.91 bits per heavy atom. The number of benzene rings is 2. The fourth-order valence-electron chi connectivity index (χ4n) is 3.52. The average molecular weight is 481 g/mol. The summed E-state index contributed by atoms with van der Waals surface area (Å²) in [6.45, 7) is 1.87. The Bertz CT molecular complexity index is 1560. The molecule has 3 N–H and O–H groups in total. The van der Waals surface area contributed by atoms with Gasteiger partial charge in [-0.15, -0.1) is 11.3 Å². The normalized spacial score (nSPS) is 11.1. The summed E-state index contributed by atoms with van der Waals surface area (Å²) in [5.41, 5.74) is 2.95. The van der Waals surface area contributed by atoms with Crippen molar-refractivity contribution in [1.82, 2.24) is 15.0 Å². The second-order valence-electron chi connectivity index (χ2n) is 7.05. The van der Waals surface area contributed by atoms with Gasteiger partial charge < -0.3 is 24.8 Å². The SMILES string of the molecule is CCOC(=O)Oc1c[nH]c2c(=O)[nH]c3ccc(-c4csc(Nc5ccccc5Cl)n4)cc3c12. The third-order valence-corrected chi connectivity index (χ3v) is 6.07. The lowest BCUT2D eigenvalue weighted by atomic mass is 10.1. The van der Waals surface area contributed by atoms with Crippen LogP contribution in [0.15, 0.2) is 58.8 Å². The number of halogens is 1. The van der Waals surface area contributed by atoms with Crippen LogP contribution in [0.1, 0.15) is 6.92 Å². The van der Waals surface area contributed by atoms with Gasteiger partial charge in [-0.1, -0.05) is 29.8 Å². The van der Waals surface area contributed by atoms with Crippen molar-refractivity contribution in [1.29, 1.82) is 0 Å². The first-order chi connectivity index (χ1) is 16.0. The third kappa shape index (κ3) is 4.04. The summed E-state index contributed by atoms with van der Waals surface area (Å²) >= 11 is 7.68. The predicted molar refractivity (Wildman–Crippen MR) is 130 cm³/mol. The van der Waals surface area contributed by atoms with Gasteiger partial charge in [0, 0.05) is 28.0 Å². The Labute approximate surface area is 196 Å². The minimum absolute atomic E-state index is 0.182. The maximum absolute atomic E-state index is 12.5. The zero-order valence-electron chi connectivity index (χ0n) is 17.3. The molecule has 5 rings (SSSR count). The lowest BCUT2D eigenvalue weighted by molar-refractivity contribution is 0.105. The van der Waals surface area contributed by atoms with Crippen LogP contribution in [0, 0.1) is 0 Å². The van der Waals surface area contributed by atoms with E-state index in [1.807, 2.05) is 35.7 Å². The van der Waals surface area contributed by atoms with Gasteiger partial charge in [0.25, 0.3) is 5.56 Å². The first-order valence-electron chi connectivity index (χ1n) is 10.0. The minimum Gasteiger partial charge on any atom is -0.434 e. The van der Waals surface area contributed by atoms with Gasteiger partial charge in [-0.3, -0.25) is 4.79 Å². The monoisotopic (exact) mass is 480 g/mol. The highest BCUT2D eigenvalue weighted by molar-refractivity contribution is 7.14. The molecule has 0 atom stereocenters. The number of pyridine rings is 1. The average Bonchev–Trinajstić information content (AvgIpc) is 3.43. The molecular formula is C23H17ClN4O4S. The highest BCUT2D eigenvalue weighted by atomic mass is 35.5. The quantitative estimate of drug-likeness (QED) is 0.263. The van der Waals surface area contributed by atoms with Crippen molar-refractivity contribution in [3.8, 4) is 17.0 Å². The Kier molecular flexibility index (Phi) is 5.49. The molecule has 0 aliphatic heterocycles. The number of H-pyrrole nitrogens is 2. The molecule has 0 amide bonds. The summed E-state index contributed by atoms with van der Waals surface area (Å²) in [6, 6.07) is 13.0. The molecule has 0 aliphatic rings. The van der Waals surface area contributed by atoms with E-state index in [0.717, 1.165) is 16.9 Å². The molecule has 5 aromatic rings. The van der Waals surface area contributed by atoms with Crippen molar-refractivity contribution in [2.24, 2.45) is 0 Å². The van der Waals surface area contributed by atoms with Gasteiger partial charge in [0.15, 0.2) is 10.9 Å². The molecule has 3 aromatic heterocycles. The smallest absolute Gasteiger partial charge is 0.434 e. The van der Waals surface area contributed by atoms with Crippen LogP contribution in [0.2, 0.25) is 5.02 Å². The second-order valence-corrected chi connectivity index (χ2v) is 8.31. The topological polar surface area (TPSA) is 109 Å². The Morgan fingerprint density at radius 2 is 2.09 bits per heavy atom. The summed E-state index contributed by atoms with van der Waals surface area (Å²) < 4.78 is 10.2. The molecule has 0 bridgehead atoms. The summed E-state index contributed by atoms with van der Waals surface area (Å²) in [6.07, 6.45) is 0.634. The maximum Gasteiger partial charge on any atom is 0.513 e. The number of fused-ring (bicyclic) bond motifs is 3. The molecule has 10 heteroatoms. The number of thiazole rings is 1. The number of aromatic amines is 2. The number of nitrogens with one attached hydrogen (secondary N) is 3. The number of carbonyl (C=O) groups is 1. The predicted octanol–water partition coefficient (Wildman–Crippen LogP) is 6.07. The van der Waals surface area contributed by atoms with Crippen molar-refractivity contribution in [3.63, 3.8) is 0 Å². The summed E-state index contributed by atoms with van der Waals surface area (Å²) in [7, 11) is 0. The molecule has 0 saturated carbocycles. The van der Waals surface area contributed by atoms with Crippen molar-refractivity contribution in [2.75, 3.05) is 11.9 Å². The van der Waals surface area contributed by atoms with Crippen LogP contribution < -0.4 is 15.6 Å². The van der Waals surface area contributed by atoms with E-state index >= 15 is 0 Å². The van der Waals surface area contributed by atoms with Gasteiger partial charge in [0.05, 0.1) is 28.4 Å². The maximum atomic E-state index is 12.5. The molecule has 8 nitrogen and oxygen atoms in total. The molecule has 166 valence electrons. The molecule has 0 fully saturated rings.